The molecular formula is C21H20ClN5O3S. The Kier molecular flexibility index (Phi) is 7.43. The zero-order chi connectivity index (χ0) is 22.4. The van der Waals surface area contributed by atoms with Gasteiger partial charge in [-0.3, -0.25) is 19.4 Å². The second kappa shape index (κ2) is 10.2. The van der Waals surface area contributed by atoms with Crippen LogP contribution in [0.15, 0.2) is 52.4 Å². The van der Waals surface area contributed by atoms with Crippen molar-refractivity contribution in [1.82, 2.24) is 15.2 Å². The second-order valence-corrected chi connectivity index (χ2v) is 8.00. The lowest BCUT2D eigenvalue weighted by molar-refractivity contribution is -0.116. The highest BCUT2D eigenvalue weighted by Crippen LogP contribution is 2.26. The Hall–Kier alpha value is -3.17. The fourth-order valence-electron chi connectivity index (χ4n) is 2.63. The van der Waals surface area contributed by atoms with Crippen molar-refractivity contribution in [1.29, 1.82) is 0 Å². The van der Waals surface area contributed by atoms with Gasteiger partial charge in [-0.05, 0) is 43.3 Å². The molecule has 0 aliphatic carbocycles. The van der Waals surface area contributed by atoms with Crippen molar-refractivity contribution in [3.63, 3.8) is 0 Å². The Morgan fingerprint density at radius 1 is 1.06 bits per heavy atom. The zero-order valence-electron chi connectivity index (χ0n) is 16.9. The summed E-state index contributed by atoms with van der Waals surface area (Å²) < 4.78 is 0. The number of hydrogen-bond donors (Lipinski definition) is 3. The predicted molar refractivity (Wildman–Crippen MR) is 123 cm³/mol. The van der Waals surface area contributed by atoms with Gasteiger partial charge in [-0.25, -0.2) is 0 Å². The van der Waals surface area contributed by atoms with Crippen molar-refractivity contribution < 1.29 is 9.59 Å². The number of carbonyl (C=O) groups is 2. The Balaban J connectivity index is 1.72. The number of aryl methyl sites for hydroxylation is 1. The van der Waals surface area contributed by atoms with Crippen LogP contribution in [0.3, 0.4) is 0 Å². The van der Waals surface area contributed by atoms with Gasteiger partial charge < -0.3 is 10.6 Å². The van der Waals surface area contributed by atoms with Gasteiger partial charge in [-0.15, -0.1) is 10.2 Å². The molecule has 160 valence electrons. The number of H-pyrrole nitrogens is 1. The van der Waals surface area contributed by atoms with Gasteiger partial charge in [-0.1, -0.05) is 41.9 Å². The summed E-state index contributed by atoms with van der Waals surface area (Å²) in [4.78, 5) is 39.2. The first-order valence-corrected chi connectivity index (χ1v) is 10.8. The molecule has 0 atom stereocenters. The maximum Gasteiger partial charge on any atom is 0.278 e. The van der Waals surface area contributed by atoms with E-state index >= 15 is 0 Å². The van der Waals surface area contributed by atoms with E-state index in [2.05, 4.69) is 25.8 Å². The average molecular weight is 458 g/mol. The van der Waals surface area contributed by atoms with Gasteiger partial charge in [0.2, 0.25) is 11.8 Å². The van der Waals surface area contributed by atoms with Crippen LogP contribution in [0.25, 0.3) is 11.3 Å². The van der Waals surface area contributed by atoms with Gasteiger partial charge in [0.15, 0.2) is 10.9 Å². The number of anilines is 2. The Morgan fingerprint density at radius 2 is 1.81 bits per heavy atom. The summed E-state index contributed by atoms with van der Waals surface area (Å²) in [5, 5.41) is 14.4. The lowest BCUT2D eigenvalue weighted by Gasteiger charge is -2.11. The molecule has 0 aliphatic rings. The number of aromatic amines is 1. The fourth-order valence-corrected chi connectivity index (χ4v) is 3.36. The molecule has 0 bridgehead atoms. The minimum Gasteiger partial charge on any atom is -0.325 e. The summed E-state index contributed by atoms with van der Waals surface area (Å²) in [5.74, 6) is -0.398. The summed E-state index contributed by atoms with van der Waals surface area (Å²) >= 11 is 6.88. The quantitative estimate of drug-likeness (QED) is 0.463. The number of amides is 2. The third-order valence-electron chi connectivity index (χ3n) is 4.17. The van der Waals surface area contributed by atoms with Crippen LogP contribution in [0.5, 0.6) is 0 Å². The van der Waals surface area contributed by atoms with Crippen LogP contribution >= 0.6 is 23.4 Å². The standard InChI is InChI=1S/C21H20ClN5O3S/c1-3-17(28)24-16-9-4-12(2)10-15(16)19-20(30)25-21(27-26-19)31-11-18(29)23-14-7-5-13(22)6-8-14/h4-10H,3,11H2,1-2H3,(H,23,29)(H,24,28)(H,25,27,30). The van der Waals surface area contributed by atoms with Crippen molar-refractivity contribution in [2.45, 2.75) is 25.4 Å². The summed E-state index contributed by atoms with van der Waals surface area (Å²) in [5.41, 5.74) is 2.11. The van der Waals surface area contributed by atoms with Gasteiger partial charge in [0, 0.05) is 22.7 Å². The molecule has 0 saturated carbocycles. The minimum absolute atomic E-state index is 0.0366. The lowest BCUT2D eigenvalue weighted by atomic mass is 10.1. The minimum atomic E-state index is -0.465. The first-order chi connectivity index (χ1) is 14.9. The van der Waals surface area contributed by atoms with E-state index in [4.69, 9.17) is 11.6 Å². The van der Waals surface area contributed by atoms with Crippen LogP contribution in [0.4, 0.5) is 11.4 Å². The monoisotopic (exact) mass is 457 g/mol. The van der Waals surface area contributed by atoms with E-state index < -0.39 is 5.56 Å². The van der Waals surface area contributed by atoms with E-state index in [0.29, 0.717) is 28.4 Å². The van der Waals surface area contributed by atoms with Gasteiger partial charge in [0.1, 0.15) is 0 Å². The molecule has 0 aliphatic heterocycles. The number of aromatic nitrogens is 3. The first kappa shape index (κ1) is 22.5. The highest BCUT2D eigenvalue weighted by Gasteiger charge is 2.15. The molecule has 0 radical (unpaired) electrons. The molecular weight excluding hydrogens is 438 g/mol. The molecule has 1 heterocycles. The van der Waals surface area contributed by atoms with Crippen molar-refractivity contribution in [3.05, 3.63) is 63.4 Å². The molecule has 0 saturated heterocycles. The average Bonchev–Trinajstić information content (AvgIpc) is 2.75. The second-order valence-electron chi connectivity index (χ2n) is 6.60. The third-order valence-corrected chi connectivity index (χ3v) is 5.29. The number of thioether (sulfide) groups is 1. The van der Waals surface area contributed by atoms with E-state index in [0.717, 1.165) is 17.3 Å². The summed E-state index contributed by atoms with van der Waals surface area (Å²) in [6, 6.07) is 12.1. The molecule has 8 nitrogen and oxygen atoms in total. The van der Waals surface area contributed by atoms with Gasteiger partial charge in [-0.2, -0.15) is 0 Å². The Bertz CT molecular complexity index is 1160. The van der Waals surface area contributed by atoms with E-state index in [1.165, 1.54) is 0 Å². The normalized spacial score (nSPS) is 10.5. The SMILES string of the molecule is CCC(=O)Nc1ccc(C)cc1-c1nnc(SCC(=O)Nc2ccc(Cl)cc2)[nH]c1=O. The van der Waals surface area contributed by atoms with Crippen LogP contribution in [-0.4, -0.2) is 32.7 Å². The first-order valence-electron chi connectivity index (χ1n) is 9.41. The number of rotatable bonds is 7. The topological polar surface area (TPSA) is 117 Å². The van der Waals surface area contributed by atoms with Crippen molar-refractivity contribution in [2.24, 2.45) is 0 Å². The number of benzene rings is 2. The molecule has 0 spiro atoms. The highest BCUT2D eigenvalue weighted by molar-refractivity contribution is 7.99. The van der Waals surface area contributed by atoms with E-state index in [9.17, 15) is 14.4 Å². The van der Waals surface area contributed by atoms with Crippen molar-refractivity contribution >= 4 is 46.6 Å². The molecule has 0 fully saturated rings. The zero-order valence-corrected chi connectivity index (χ0v) is 18.4. The molecule has 3 rings (SSSR count). The number of carbonyl (C=O) groups excluding carboxylic acids is 2. The molecule has 2 aromatic carbocycles. The van der Waals surface area contributed by atoms with Gasteiger partial charge in [0.05, 0.1) is 11.4 Å². The van der Waals surface area contributed by atoms with Crippen molar-refractivity contribution in [3.8, 4) is 11.3 Å². The van der Waals surface area contributed by atoms with Crippen LogP contribution in [0.2, 0.25) is 5.02 Å². The largest absolute Gasteiger partial charge is 0.325 e. The molecule has 10 heteroatoms. The van der Waals surface area contributed by atoms with E-state index in [1.807, 2.05) is 13.0 Å². The van der Waals surface area contributed by atoms with E-state index in [-0.39, 0.29) is 28.4 Å². The molecule has 1 aromatic heterocycles. The molecule has 31 heavy (non-hydrogen) atoms. The maximum absolute atomic E-state index is 12.6. The smallest absolute Gasteiger partial charge is 0.278 e. The van der Waals surface area contributed by atoms with Crippen LogP contribution in [0.1, 0.15) is 18.9 Å². The number of nitrogens with one attached hydrogen (secondary N) is 3. The Labute approximate surface area is 187 Å². The van der Waals surface area contributed by atoms with Gasteiger partial charge >= 0.3 is 0 Å². The van der Waals surface area contributed by atoms with Crippen LogP contribution < -0.4 is 16.2 Å². The molecule has 3 aromatic rings. The fraction of sp³-hybridized carbons (Fsp3) is 0.190. The Morgan fingerprint density at radius 3 is 2.48 bits per heavy atom. The number of halogens is 1. The van der Waals surface area contributed by atoms with E-state index in [1.54, 1.807) is 43.3 Å². The maximum atomic E-state index is 12.6. The number of hydrogen-bond acceptors (Lipinski definition) is 6. The summed E-state index contributed by atoms with van der Waals surface area (Å²) in [7, 11) is 0. The molecule has 0 unspecified atom stereocenters. The summed E-state index contributed by atoms with van der Waals surface area (Å²) in [6.07, 6.45) is 0.309. The van der Waals surface area contributed by atoms with Gasteiger partial charge in [0.25, 0.3) is 5.56 Å². The lowest BCUT2D eigenvalue weighted by Crippen LogP contribution is -2.18. The van der Waals surface area contributed by atoms with Crippen LogP contribution in [-0.2, 0) is 9.59 Å². The predicted octanol–water partition coefficient (Wildman–Crippen LogP) is 3.87. The number of nitrogens with zero attached hydrogens (tertiary/aromatic N) is 2. The van der Waals surface area contributed by atoms with Crippen molar-refractivity contribution in [2.75, 3.05) is 16.4 Å². The summed E-state index contributed by atoms with van der Waals surface area (Å²) in [6.45, 7) is 3.62. The third kappa shape index (κ3) is 6.16. The highest BCUT2D eigenvalue weighted by atomic mass is 35.5. The molecule has 2 amide bonds. The molecule has 3 N–H and O–H groups in total. The van der Waals surface area contributed by atoms with Crippen LogP contribution in [0, 0.1) is 6.92 Å².